The number of rotatable bonds is 7. The first kappa shape index (κ1) is 22.9. The highest BCUT2D eigenvalue weighted by molar-refractivity contribution is 7.89. The van der Waals surface area contributed by atoms with Gasteiger partial charge < -0.3 is 10.1 Å². The Morgan fingerprint density at radius 2 is 1.90 bits per heavy atom. The summed E-state index contributed by atoms with van der Waals surface area (Å²) < 4.78 is 32.9. The predicted octanol–water partition coefficient (Wildman–Crippen LogP) is 3.52. The molecule has 0 radical (unpaired) electrons. The van der Waals surface area contributed by atoms with Crippen LogP contribution in [0.4, 0.5) is 5.69 Å². The van der Waals surface area contributed by atoms with Crippen molar-refractivity contribution < 1.29 is 17.9 Å². The average Bonchev–Trinajstić information content (AvgIpc) is 2.78. The lowest BCUT2D eigenvalue weighted by Gasteiger charge is -2.30. The highest BCUT2D eigenvalue weighted by Crippen LogP contribution is 2.26. The molecule has 0 bridgehead atoms. The molecule has 1 aliphatic rings. The van der Waals surface area contributed by atoms with Crippen molar-refractivity contribution in [1.29, 1.82) is 5.26 Å². The first-order valence-corrected chi connectivity index (χ1v) is 11.8. The molecule has 31 heavy (non-hydrogen) atoms. The predicted molar refractivity (Wildman–Crippen MR) is 118 cm³/mol. The maximum absolute atomic E-state index is 12.9. The lowest BCUT2D eigenvalue weighted by atomic mass is 9.97. The first-order valence-electron chi connectivity index (χ1n) is 10.3. The molecular weight excluding hydrogens is 414 g/mol. The van der Waals surface area contributed by atoms with Gasteiger partial charge in [0.05, 0.1) is 23.2 Å². The van der Waals surface area contributed by atoms with Crippen molar-refractivity contribution in [3.63, 3.8) is 0 Å². The molecule has 1 amide bonds. The van der Waals surface area contributed by atoms with Crippen LogP contribution in [0.25, 0.3) is 0 Å². The molecule has 7 nitrogen and oxygen atoms in total. The van der Waals surface area contributed by atoms with Crippen LogP contribution in [0.5, 0.6) is 0 Å². The van der Waals surface area contributed by atoms with Gasteiger partial charge in [0.15, 0.2) is 0 Å². The molecular formula is C23H27N3O4S. The van der Waals surface area contributed by atoms with E-state index in [9.17, 15) is 18.5 Å². The zero-order valence-electron chi connectivity index (χ0n) is 17.7. The maximum atomic E-state index is 12.9. The van der Waals surface area contributed by atoms with E-state index in [0.717, 1.165) is 5.56 Å². The molecule has 8 heteroatoms. The number of carbonyl (C=O) groups excluding carboxylic acids is 1. The van der Waals surface area contributed by atoms with Gasteiger partial charge in [-0.3, -0.25) is 4.79 Å². The Balaban J connectivity index is 1.60. The van der Waals surface area contributed by atoms with E-state index in [2.05, 4.69) is 5.32 Å². The molecule has 1 fully saturated rings. The minimum Gasteiger partial charge on any atom is -0.374 e. The number of nitrogens with zero attached hydrogens (tertiary/aromatic N) is 2. The second-order valence-corrected chi connectivity index (χ2v) is 9.74. The standard InChI is InChI=1S/C23H27N3O4S/c1-17(2)30-16-18-6-5-8-21(14-18)25-23(27)19-10-12-26(13-11-19)31(28,29)22-9-4-3-7-20(22)15-24/h3-9,14,17,19H,10-13,16H2,1-2H3,(H,25,27). The summed E-state index contributed by atoms with van der Waals surface area (Å²) >= 11 is 0. The van der Waals surface area contributed by atoms with E-state index < -0.39 is 10.0 Å². The number of hydrogen-bond acceptors (Lipinski definition) is 5. The van der Waals surface area contributed by atoms with Crippen LogP contribution >= 0.6 is 0 Å². The molecule has 2 aromatic carbocycles. The SMILES string of the molecule is CC(C)OCc1cccc(NC(=O)C2CCN(S(=O)(=O)c3ccccc3C#N)CC2)c1. The highest BCUT2D eigenvalue weighted by atomic mass is 32.2. The molecule has 1 N–H and O–H groups in total. The number of piperidine rings is 1. The summed E-state index contributed by atoms with van der Waals surface area (Å²) in [6.45, 7) is 4.89. The molecule has 0 aromatic heterocycles. The number of benzene rings is 2. The number of amides is 1. The summed E-state index contributed by atoms with van der Waals surface area (Å²) in [7, 11) is -3.77. The topological polar surface area (TPSA) is 99.5 Å². The van der Waals surface area contributed by atoms with Gasteiger partial charge in [0, 0.05) is 24.7 Å². The molecule has 0 atom stereocenters. The number of nitriles is 1. The third-order valence-corrected chi connectivity index (χ3v) is 7.18. The number of hydrogen-bond donors (Lipinski definition) is 1. The summed E-state index contributed by atoms with van der Waals surface area (Å²) in [4.78, 5) is 12.7. The quantitative estimate of drug-likeness (QED) is 0.709. The van der Waals surface area contributed by atoms with Gasteiger partial charge in [0.25, 0.3) is 0 Å². The molecule has 1 heterocycles. The number of anilines is 1. The number of nitrogens with one attached hydrogen (secondary N) is 1. The van der Waals surface area contributed by atoms with Crippen molar-refractivity contribution >= 4 is 21.6 Å². The summed E-state index contributed by atoms with van der Waals surface area (Å²) in [6, 6.07) is 15.7. The Labute approximate surface area is 183 Å². The number of carbonyl (C=O) groups is 1. The van der Waals surface area contributed by atoms with Crippen LogP contribution in [0.15, 0.2) is 53.4 Å². The third kappa shape index (κ3) is 5.70. The van der Waals surface area contributed by atoms with Crippen molar-refractivity contribution in [1.82, 2.24) is 4.31 Å². The molecule has 3 rings (SSSR count). The van der Waals surface area contributed by atoms with Gasteiger partial charge >= 0.3 is 0 Å². The van der Waals surface area contributed by atoms with Gasteiger partial charge in [-0.05, 0) is 56.5 Å². The summed E-state index contributed by atoms with van der Waals surface area (Å²) in [5, 5.41) is 12.2. The van der Waals surface area contributed by atoms with Crippen molar-refractivity contribution in [3.8, 4) is 6.07 Å². The molecule has 0 aliphatic carbocycles. The van der Waals surface area contributed by atoms with E-state index in [-0.39, 0.29) is 41.5 Å². The van der Waals surface area contributed by atoms with Gasteiger partial charge in [-0.15, -0.1) is 0 Å². The fourth-order valence-electron chi connectivity index (χ4n) is 3.53. The van der Waals surface area contributed by atoms with Crippen molar-refractivity contribution in [3.05, 3.63) is 59.7 Å². The minimum absolute atomic E-state index is 0.0147. The zero-order valence-corrected chi connectivity index (χ0v) is 18.6. The fraction of sp³-hybridized carbons (Fsp3) is 0.391. The van der Waals surface area contributed by atoms with Crippen LogP contribution in [0.1, 0.15) is 37.8 Å². The van der Waals surface area contributed by atoms with E-state index >= 15 is 0 Å². The van der Waals surface area contributed by atoms with E-state index in [1.165, 1.54) is 16.4 Å². The average molecular weight is 442 g/mol. The maximum Gasteiger partial charge on any atom is 0.244 e. The molecule has 0 unspecified atom stereocenters. The van der Waals surface area contributed by atoms with Gasteiger partial charge in [-0.25, -0.2) is 8.42 Å². The first-order chi connectivity index (χ1) is 14.8. The van der Waals surface area contributed by atoms with Gasteiger partial charge in [0.2, 0.25) is 15.9 Å². The second-order valence-electron chi connectivity index (χ2n) is 7.84. The number of sulfonamides is 1. The Kier molecular flexibility index (Phi) is 7.44. The third-order valence-electron chi connectivity index (χ3n) is 5.23. The second kappa shape index (κ2) is 10.1. The summed E-state index contributed by atoms with van der Waals surface area (Å²) in [6.07, 6.45) is 0.978. The van der Waals surface area contributed by atoms with E-state index in [1.807, 2.05) is 44.2 Å². The van der Waals surface area contributed by atoms with Crippen LogP contribution in [0, 0.1) is 17.2 Å². The number of ether oxygens (including phenoxy) is 1. The van der Waals surface area contributed by atoms with Gasteiger partial charge in [-0.2, -0.15) is 9.57 Å². The van der Waals surface area contributed by atoms with Gasteiger partial charge in [0.1, 0.15) is 6.07 Å². The largest absolute Gasteiger partial charge is 0.374 e. The van der Waals surface area contributed by atoms with Crippen molar-refractivity contribution in [2.24, 2.45) is 5.92 Å². The van der Waals surface area contributed by atoms with E-state index in [0.29, 0.717) is 25.1 Å². The lowest BCUT2D eigenvalue weighted by molar-refractivity contribution is -0.120. The van der Waals surface area contributed by atoms with Crippen LogP contribution < -0.4 is 5.32 Å². The molecule has 164 valence electrons. The van der Waals surface area contributed by atoms with Gasteiger partial charge in [-0.1, -0.05) is 24.3 Å². The van der Waals surface area contributed by atoms with Crippen molar-refractivity contribution in [2.45, 2.75) is 44.3 Å². The molecule has 1 saturated heterocycles. The zero-order chi connectivity index (χ0) is 22.4. The molecule has 0 saturated carbocycles. The Morgan fingerprint density at radius 3 is 2.58 bits per heavy atom. The molecule has 2 aromatic rings. The Hall–Kier alpha value is -2.73. The summed E-state index contributed by atoms with van der Waals surface area (Å²) in [5.74, 6) is -0.385. The van der Waals surface area contributed by atoms with E-state index in [1.54, 1.807) is 12.1 Å². The Bertz CT molecular complexity index is 1070. The van der Waals surface area contributed by atoms with E-state index in [4.69, 9.17) is 4.74 Å². The van der Waals surface area contributed by atoms with Crippen LogP contribution in [0.3, 0.4) is 0 Å². The smallest absolute Gasteiger partial charge is 0.244 e. The monoisotopic (exact) mass is 441 g/mol. The van der Waals surface area contributed by atoms with Crippen LogP contribution in [0.2, 0.25) is 0 Å². The minimum atomic E-state index is -3.77. The lowest BCUT2D eigenvalue weighted by Crippen LogP contribution is -2.41. The fourth-order valence-corrected chi connectivity index (χ4v) is 5.14. The summed E-state index contributed by atoms with van der Waals surface area (Å²) in [5.41, 5.74) is 1.81. The highest BCUT2D eigenvalue weighted by Gasteiger charge is 2.33. The normalized spacial score (nSPS) is 15.5. The molecule has 0 spiro atoms. The Morgan fingerprint density at radius 1 is 1.19 bits per heavy atom. The van der Waals surface area contributed by atoms with Crippen molar-refractivity contribution in [2.75, 3.05) is 18.4 Å². The van der Waals surface area contributed by atoms with Crippen LogP contribution in [-0.2, 0) is 26.2 Å². The van der Waals surface area contributed by atoms with Crippen LogP contribution in [-0.4, -0.2) is 37.8 Å². The molecule has 1 aliphatic heterocycles.